The summed E-state index contributed by atoms with van der Waals surface area (Å²) >= 11 is 0. The number of imide groups is 2. The lowest BCUT2D eigenvalue weighted by Gasteiger charge is -2.21. The maximum atomic E-state index is 12.3. The summed E-state index contributed by atoms with van der Waals surface area (Å²) in [6.45, 7) is 1.87. The molecular weight excluding hydrogens is 284 g/mol. The molecule has 3 rings (SSSR count). The fourth-order valence-corrected chi connectivity index (χ4v) is 3.22. The van der Waals surface area contributed by atoms with Gasteiger partial charge in [0.05, 0.1) is 12.1 Å². The molecule has 2 aliphatic rings. The monoisotopic (exact) mass is 294 g/mol. The number of carbonyl (C=O) groups excluding carboxylic acids is 3. The summed E-state index contributed by atoms with van der Waals surface area (Å²) < 4.78 is 0. The van der Waals surface area contributed by atoms with Gasteiger partial charge in [0, 0.05) is 5.92 Å². The number of amides is 4. The summed E-state index contributed by atoms with van der Waals surface area (Å²) in [5.41, 5.74) is -2.21. The number of hydrogen-bond acceptors (Lipinski definition) is 5. The molecule has 1 aromatic carbocycles. The van der Waals surface area contributed by atoms with E-state index < -0.39 is 34.6 Å². The molecule has 2 fully saturated rings. The van der Waals surface area contributed by atoms with Gasteiger partial charge in [-0.05, 0) is 12.5 Å². The minimum absolute atomic E-state index is 0.536. The van der Waals surface area contributed by atoms with Crippen LogP contribution in [0, 0.1) is 40.4 Å². The molecule has 1 spiro atoms. The van der Waals surface area contributed by atoms with Crippen LogP contribution in [0.4, 0.5) is 4.79 Å². The Morgan fingerprint density at radius 2 is 1.50 bits per heavy atom. The molecule has 22 heavy (non-hydrogen) atoms. The van der Waals surface area contributed by atoms with Crippen LogP contribution in [-0.2, 0) is 9.59 Å². The van der Waals surface area contributed by atoms with Gasteiger partial charge in [0.2, 0.25) is 11.8 Å². The van der Waals surface area contributed by atoms with Crippen LogP contribution in [0.25, 0.3) is 0 Å². The summed E-state index contributed by atoms with van der Waals surface area (Å²) in [4.78, 5) is 35.8. The van der Waals surface area contributed by atoms with Crippen molar-refractivity contribution >= 4 is 17.8 Å². The maximum absolute atomic E-state index is 12.3. The number of benzene rings is 1. The molecule has 1 aliphatic carbocycles. The highest BCUT2D eigenvalue weighted by atomic mass is 16.2. The molecule has 0 bridgehead atoms. The van der Waals surface area contributed by atoms with E-state index in [1.807, 2.05) is 29.7 Å². The maximum Gasteiger partial charge on any atom is 0.328 e. The van der Waals surface area contributed by atoms with E-state index in [-0.39, 0.29) is 0 Å². The highest BCUT2D eigenvalue weighted by Gasteiger charge is 2.88. The standard InChI is InChI=1S/C15H10N4O3/c1-8-2-4-9(5-3-8)10-14(6-16,7-17)15(10)11(20)18-13(22)19-12(15)21/h2-5,10H,1H3,(H2,18,19,20,21,22). The Hall–Kier alpha value is -3.19. The van der Waals surface area contributed by atoms with Crippen LogP contribution in [-0.4, -0.2) is 17.8 Å². The Labute approximate surface area is 125 Å². The Morgan fingerprint density at radius 3 is 1.95 bits per heavy atom. The van der Waals surface area contributed by atoms with Crippen LogP contribution in [0.3, 0.4) is 0 Å². The lowest BCUT2D eigenvalue weighted by Crippen LogP contribution is -2.59. The van der Waals surface area contributed by atoms with Crippen LogP contribution < -0.4 is 10.6 Å². The second kappa shape index (κ2) is 4.15. The number of carbonyl (C=O) groups is 3. The number of nitrogens with one attached hydrogen (secondary N) is 2. The van der Waals surface area contributed by atoms with Gasteiger partial charge in [0.1, 0.15) is 0 Å². The van der Waals surface area contributed by atoms with E-state index in [1.165, 1.54) is 0 Å². The van der Waals surface area contributed by atoms with E-state index >= 15 is 0 Å². The highest BCUT2D eigenvalue weighted by Crippen LogP contribution is 2.74. The first kappa shape index (κ1) is 13.8. The lowest BCUT2D eigenvalue weighted by atomic mass is 9.91. The van der Waals surface area contributed by atoms with Crippen LogP contribution in [0.15, 0.2) is 24.3 Å². The van der Waals surface area contributed by atoms with Crippen molar-refractivity contribution < 1.29 is 14.4 Å². The second-order valence-electron chi connectivity index (χ2n) is 5.42. The van der Waals surface area contributed by atoms with Gasteiger partial charge in [-0.25, -0.2) is 4.79 Å². The molecular formula is C15H10N4O3. The number of hydrogen-bond donors (Lipinski definition) is 2. The van der Waals surface area contributed by atoms with Crippen LogP contribution in [0.2, 0.25) is 0 Å². The second-order valence-corrected chi connectivity index (χ2v) is 5.42. The van der Waals surface area contributed by atoms with Gasteiger partial charge in [-0.2, -0.15) is 10.5 Å². The first-order valence-electron chi connectivity index (χ1n) is 6.50. The number of urea groups is 1. The molecule has 0 radical (unpaired) electrons. The normalized spacial score (nSPS) is 24.0. The van der Waals surface area contributed by atoms with E-state index in [4.69, 9.17) is 0 Å². The minimum Gasteiger partial charge on any atom is -0.277 e. The molecule has 1 atom stereocenters. The van der Waals surface area contributed by atoms with Crippen molar-refractivity contribution in [1.82, 2.24) is 10.6 Å². The average Bonchev–Trinajstić information content (AvgIpc) is 3.11. The van der Waals surface area contributed by atoms with E-state index in [2.05, 4.69) is 0 Å². The Balaban J connectivity index is 2.18. The van der Waals surface area contributed by atoms with Crippen molar-refractivity contribution in [1.29, 1.82) is 10.5 Å². The molecule has 7 heteroatoms. The smallest absolute Gasteiger partial charge is 0.277 e. The van der Waals surface area contributed by atoms with Gasteiger partial charge in [0.15, 0.2) is 10.8 Å². The van der Waals surface area contributed by atoms with E-state index in [0.29, 0.717) is 5.56 Å². The molecule has 1 saturated heterocycles. The number of aryl methyl sites for hydroxylation is 1. The van der Waals surface area contributed by atoms with Gasteiger partial charge < -0.3 is 0 Å². The topological polar surface area (TPSA) is 123 Å². The van der Waals surface area contributed by atoms with Crippen LogP contribution in [0.5, 0.6) is 0 Å². The predicted molar refractivity (Wildman–Crippen MR) is 71.7 cm³/mol. The van der Waals surface area contributed by atoms with E-state index in [9.17, 15) is 24.9 Å². The SMILES string of the molecule is Cc1ccc(C2C(C#N)(C#N)C23C(=O)NC(=O)NC3=O)cc1. The minimum atomic E-state index is -1.89. The predicted octanol–water partition coefficient (Wildman–Crippen LogP) is 0.478. The molecule has 4 amide bonds. The number of barbiturate groups is 1. The van der Waals surface area contributed by atoms with Gasteiger partial charge in [-0.15, -0.1) is 0 Å². The molecule has 1 unspecified atom stereocenters. The van der Waals surface area contributed by atoms with E-state index in [0.717, 1.165) is 5.56 Å². The largest absolute Gasteiger partial charge is 0.328 e. The van der Waals surface area contributed by atoms with Crippen molar-refractivity contribution in [2.75, 3.05) is 0 Å². The number of rotatable bonds is 1. The Morgan fingerprint density at radius 1 is 1.00 bits per heavy atom. The van der Waals surface area contributed by atoms with Gasteiger partial charge in [0.25, 0.3) is 0 Å². The van der Waals surface area contributed by atoms with E-state index in [1.54, 1.807) is 24.3 Å². The highest BCUT2D eigenvalue weighted by molar-refractivity contribution is 6.24. The summed E-state index contributed by atoms with van der Waals surface area (Å²) in [7, 11) is 0. The average molecular weight is 294 g/mol. The molecule has 1 aromatic rings. The zero-order chi connectivity index (χ0) is 16.1. The lowest BCUT2D eigenvalue weighted by molar-refractivity contribution is -0.139. The first-order valence-corrected chi connectivity index (χ1v) is 6.50. The molecule has 1 aliphatic heterocycles. The quantitative estimate of drug-likeness (QED) is 0.729. The van der Waals surface area contributed by atoms with Gasteiger partial charge >= 0.3 is 6.03 Å². The van der Waals surface area contributed by atoms with Crippen molar-refractivity contribution in [2.24, 2.45) is 10.8 Å². The zero-order valence-corrected chi connectivity index (χ0v) is 11.5. The third-order valence-corrected chi connectivity index (χ3v) is 4.34. The van der Waals surface area contributed by atoms with Gasteiger partial charge in [-0.1, -0.05) is 29.8 Å². The zero-order valence-electron chi connectivity index (χ0n) is 11.5. The molecule has 2 N–H and O–H groups in total. The molecule has 0 aromatic heterocycles. The third kappa shape index (κ3) is 1.35. The molecule has 1 heterocycles. The number of nitriles is 2. The van der Waals surface area contributed by atoms with Crippen LogP contribution in [0.1, 0.15) is 17.0 Å². The van der Waals surface area contributed by atoms with Crippen molar-refractivity contribution in [3.63, 3.8) is 0 Å². The number of nitrogens with zero attached hydrogens (tertiary/aromatic N) is 2. The van der Waals surface area contributed by atoms with Gasteiger partial charge in [-0.3, -0.25) is 20.2 Å². The summed E-state index contributed by atoms with van der Waals surface area (Å²) in [5, 5.41) is 22.9. The third-order valence-electron chi connectivity index (χ3n) is 4.34. The Kier molecular flexibility index (Phi) is 2.60. The summed E-state index contributed by atoms with van der Waals surface area (Å²) in [6, 6.07) is 9.56. The molecule has 7 nitrogen and oxygen atoms in total. The molecule has 108 valence electrons. The fraction of sp³-hybridized carbons (Fsp3) is 0.267. The fourth-order valence-electron chi connectivity index (χ4n) is 3.22. The first-order chi connectivity index (χ1) is 10.4. The van der Waals surface area contributed by atoms with Crippen molar-refractivity contribution in [2.45, 2.75) is 12.8 Å². The van der Waals surface area contributed by atoms with Crippen molar-refractivity contribution in [3.8, 4) is 12.1 Å². The van der Waals surface area contributed by atoms with Crippen molar-refractivity contribution in [3.05, 3.63) is 35.4 Å². The Bertz CT molecular complexity index is 764. The summed E-state index contributed by atoms with van der Waals surface area (Å²) in [5.74, 6) is -2.73. The summed E-state index contributed by atoms with van der Waals surface area (Å²) in [6.07, 6.45) is 0. The molecule has 1 saturated carbocycles. The van der Waals surface area contributed by atoms with Crippen LogP contribution >= 0.6 is 0 Å².